The molecule has 0 spiro atoms. The van der Waals surface area contributed by atoms with Gasteiger partial charge in [0.1, 0.15) is 11.5 Å². The molecule has 0 aliphatic heterocycles. The van der Waals surface area contributed by atoms with Crippen molar-refractivity contribution in [2.45, 2.75) is 52.0 Å². The number of nitrogens with one attached hydrogen (secondary N) is 2. The molecule has 0 atom stereocenters. The first-order valence-electron chi connectivity index (χ1n) is 8.34. The second kappa shape index (κ2) is 5.68. The van der Waals surface area contributed by atoms with Crippen LogP contribution < -0.4 is 5.32 Å². The Kier molecular flexibility index (Phi) is 3.52. The summed E-state index contributed by atoms with van der Waals surface area (Å²) < 4.78 is 2.10. The molecule has 3 heterocycles. The van der Waals surface area contributed by atoms with E-state index in [2.05, 4.69) is 24.9 Å². The quantitative estimate of drug-likeness (QED) is 0.777. The Labute approximate surface area is 135 Å². The van der Waals surface area contributed by atoms with E-state index in [1.54, 1.807) is 12.4 Å². The van der Waals surface area contributed by atoms with Gasteiger partial charge in [0.2, 0.25) is 0 Å². The molecule has 1 fully saturated rings. The van der Waals surface area contributed by atoms with Gasteiger partial charge in [-0.25, -0.2) is 4.98 Å². The van der Waals surface area contributed by atoms with Crippen molar-refractivity contribution in [2.75, 3.05) is 5.32 Å². The van der Waals surface area contributed by atoms with Gasteiger partial charge in [-0.2, -0.15) is 5.10 Å². The highest BCUT2D eigenvalue weighted by molar-refractivity contribution is 5.79. The highest BCUT2D eigenvalue weighted by Gasteiger charge is 2.22. The number of imidazole rings is 1. The summed E-state index contributed by atoms with van der Waals surface area (Å²) >= 11 is 0. The number of aromatic nitrogens is 5. The average Bonchev–Trinajstić information content (AvgIpc) is 3.09. The van der Waals surface area contributed by atoms with E-state index in [4.69, 9.17) is 4.98 Å². The van der Waals surface area contributed by atoms with Crippen LogP contribution in [-0.2, 0) is 0 Å². The third kappa shape index (κ3) is 2.48. The van der Waals surface area contributed by atoms with Gasteiger partial charge in [0.15, 0.2) is 5.65 Å². The van der Waals surface area contributed by atoms with Crippen molar-refractivity contribution in [3.05, 3.63) is 30.0 Å². The van der Waals surface area contributed by atoms with E-state index < -0.39 is 0 Å². The van der Waals surface area contributed by atoms with E-state index in [0.717, 1.165) is 34.1 Å². The van der Waals surface area contributed by atoms with Crippen LogP contribution in [0.2, 0.25) is 0 Å². The van der Waals surface area contributed by atoms with Crippen molar-refractivity contribution in [2.24, 2.45) is 0 Å². The number of aryl methyl sites for hydroxylation is 2. The van der Waals surface area contributed by atoms with Gasteiger partial charge in [0.05, 0.1) is 11.9 Å². The van der Waals surface area contributed by atoms with E-state index in [1.165, 1.54) is 32.1 Å². The normalized spacial score (nSPS) is 16.1. The van der Waals surface area contributed by atoms with E-state index >= 15 is 0 Å². The van der Waals surface area contributed by atoms with Gasteiger partial charge < -0.3 is 5.32 Å². The topological polar surface area (TPSA) is 70.9 Å². The molecule has 0 bridgehead atoms. The second-order valence-electron chi connectivity index (χ2n) is 6.40. The molecular formula is C17H22N6. The van der Waals surface area contributed by atoms with Gasteiger partial charge in [-0.1, -0.05) is 19.3 Å². The van der Waals surface area contributed by atoms with E-state index in [1.807, 2.05) is 20.0 Å². The molecule has 23 heavy (non-hydrogen) atoms. The summed E-state index contributed by atoms with van der Waals surface area (Å²) in [5.74, 6) is 1.06. The van der Waals surface area contributed by atoms with E-state index in [9.17, 15) is 0 Å². The lowest BCUT2D eigenvalue weighted by molar-refractivity contribution is 0.461. The number of rotatable bonds is 3. The SMILES string of the molecule is Cc1n[nH]c(C)c1-c1nc2cnccn2c1NC1CCCCC1. The first-order chi connectivity index (χ1) is 11.2. The zero-order chi connectivity index (χ0) is 15.8. The van der Waals surface area contributed by atoms with Crippen LogP contribution in [0.4, 0.5) is 5.82 Å². The molecule has 2 N–H and O–H groups in total. The van der Waals surface area contributed by atoms with Crippen LogP contribution >= 0.6 is 0 Å². The third-order valence-corrected chi connectivity index (χ3v) is 4.74. The minimum Gasteiger partial charge on any atom is -0.367 e. The maximum Gasteiger partial charge on any atom is 0.157 e. The second-order valence-corrected chi connectivity index (χ2v) is 6.40. The van der Waals surface area contributed by atoms with Crippen LogP contribution in [0, 0.1) is 13.8 Å². The Hall–Kier alpha value is -2.37. The van der Waals surface area contributed by atoms with Crippen LogP contribution in [0.5, 0.6) is 0 Å². The summed E-state index contributed by atoms with van der Waals surface area (Å²) in [6, 6.07) is 0.517. The molecule has 1 aliphatic carbocycles. The molecule has 1 saturated carbocycles. The summed E-state index contributed by atoms with van der Waals surface area (Å²) in [5.41, 5.74) is 4.94. The van der Waals surface area contributed by atoms with Gasteiger partial charge in [-0.05, 0) is 26.7 Å². The molecule has 3 aromatic heterocycles. The van der Waals surface area contributed by atoms with Crippen molar-refractivity contribution in [3.63, 3.8) is 0 Å². The van der Waals surface area contributed by atoms with Crippen LogP contribution in [0.3, 0.4) is 0 Å². The van der Waals surface area contributed by atoms with Gasteiger partial charge in [-0.15, -0.1) is 0 Å². The summed E-state index contributed by atoms with van der Waals surface area (Å²) in [5, 5.41) is 11.1. The fraction of sp³-hybridized carbons (Fsp3) is 0.471. The zero-order valence-electron chi connectivity index (χ0n) is 13.6. The number of aromatic amines is 1. The van der Waals surface area contributed by atoms with Crippen molar-refractivity contribution >= 4 is 11.5 Å². The Morgan fingerprint density at radius 3 is 2.78 bits per heavy atom. The zero-order valence-corrected chi connectivity index (χ0v) is 13.6. The first kappa shape index (κ1) is 14.2. The first-order valence-corrected chi connectivity index (χ1v) is 8.34. The maximum absolute atomic E-state index is 4.82. The predicted octanol–water partition coefficient (Wildman–Crippen LogP) is 3.48. The van der Waals surface area contributed by atoms with Crippen LogP contribution in [-0.4, -0.2) is 30.6 Å². The molecular weight excluding hydrogens is 288 g/mol. The molecule has 0 saturated heterocycles. The van der Waals surface area contributed by atoms with Crippen molar-refractivity contribution in [3.8, 4) is 11.3 Å². The molecule has 0 aromatic carbocycles. The number of H-pyrrole nitrogens is 1. The molecule has 0 amide bonds. The molecule has 3 aromatic rings. The Balaban J connectivity index is 1.84. The highest BCUT2D eigenvalue weighted by Crippen LogP contribution is 2.33. The standard InChI is InChI=1S/C17H22N6/c1-11-15(12(2)22-21-11)16-17(19-13-6-4-3-5-7-13)23-9-8-18-10-14(23)20-16/h8-10,13,19H,3-7H2,1-2H3,(H,21,22). The van der Waals surface area contributed by atoms with E-state index in [-0.39, 0.29) is 0 Å². The van der Waals surface area contributed by atoms with Gasteiger partial charge in [0.25, 0.3) is 0 Å². The fourth-order valence-electron chi connectivity index (χ4n) is 3.56. The molecule has 6 heteroatoms. The molecule has 1 aliphatic rings. The number of anilines is 1. The average molecular weight is 310 g/mol. The number of nitrogens with zero attached hydrogens (tertiary/aromatic N) is 4. The number of hydrogen-bond acceptors (Lipinski definition) is 4. The smallest absolute Gasteiger partial charge is 0.157 e. The molecule has 6 nitrogen and oxygen atoms in total. The summed E-state index contributed by atoms with van der Waals surface area (Å²) in [4.78, 5) is 9.03. The fourth-order valence-corrected chi connectivity index (χ4v) is 3.56. The van der Waals surface area contributed by atoms with Gasteiger partial charge in [0, 0.05) is 29.7 Å². The van der Waals surface area contributed by atoms with E-state index in [0.29, 0.717) is 6.04 Å². The van der Waals surface area contributed by atoms with Crippen LogP contribution in [0.15, 0.2) is 18.6 Å². The monoisotopic (exact) mass is 310 g/mol. The molecule has 120 valence electrons. The van der Waals surface area contributed by atoms with Crippen molar-refractivity contribution in [1.82, 2.24) is 24.6 Å². The Morgan fingerprint density at radius 1 is 1.22 bits per heavy atom. The molecule has 0 unspecified atom stereocenters. The lowest BCUT2D eigenvalue weighted by Gasteiger charge is -2.24. The molecule has 4 rings (SSSR count). The van der Waals surface area contributed by atoms with Crippen LogP contribution in [0.1, 0.15) is 43.5 Å². The van der Waals surface area contributed by atoms with Crippen molar-refractivity contribution in [1.29, 1.82) is 0 Å². The minimum absolute atomic E-state index is 0.517. The van der Waals surface area contributed by atoms with Crippen LogP contribution in [0.25, 0.3) is 16.9 Å². The Bertz CT molecular complexity index is 805. The number of hydrogen-bond donors (Lipinski definition) is 2. The minimum atomic E-state index is 0.517. The summed E-state index contributed by atoms with van der Waals surface area (Å²) in [6.07, 6.45) is 12.0. The summed E-state index contributed by atoms with van der Waals surface area (Å²) in [6.45, 7) is 4.06. The molecule has 0 radical (unpaired) electrons. The van der Waals surface area contributed by atoms with Crippen molar-refractivity contribution < 1.29 is 0 Å². The number of fused-ring (bicyclic) bond motifs is 1. The Morgan fingerprint density at radius 2 is 2.04 bits per heavy atom. The lowest BCUT2D eigenvalue weighted by Crippen LogP contribution is -2.23. The predicted molar refractivity (Wildman–Crippen MR) is 90.5 cm³/mol. The third-order valence-electron chi connectivity index (χ3n) is 4.74. The summed E-state index contributed by atoms with van der Waals surface area (Å²) in [7, 11) is 0. The maximum atomic E-state index is 4.82. The van der Waals surface area contributed by atoms with Gasteiger partial charge in [-0.3, -0.25) is 14.5 Å². The lowest BCUT2D eigenvalue weighted by atomic mass is 9.95. The highest BCUT2D eigenvalue weighted by atomic mass is 15.2. The van der Waals surface area contributed by atoms with Gasteiger partial charge >= 0.3 is 0 Å². The largest absolute Gasteiger partial charge is 0.367 e.